The third kappa shape index (κ3) is 5.04. The number of aromatic nitrogens is 1. The Morgan fingerprint density at radius 2 is 1.89 bits per heavy atom. The summed E-state index contributed by atoms with van der Waals surface area (Å²) in [5.74, 6) is 0.652. The fourth-order valence-corrected chi connectivity index (χ4v) is 2.51. The molecule has 2 N–H and O–H groups in total. The number of hydrogen-bond acceptors (Lipinski definition) is 4. The summed E-state index contributed by atoms with van der Waals surface area (Å²) in [4.78, 5) is 16.8. The van der Waals surface area contributed by atoms with E-state index in [2.05, 4.69) is 15.6 Å². The highest BCUT2D eigenvalue weighted by Gasteiger charge is 2.10. The monoisotopic (exact) mass is 365 g/mol. The molecule has 0 aliphatic carbocycles. The highest BCUT2D eigenvalue weighted by Crippen LogP contribution is 2.24. The van der Waals surface area contributed by atoms with Gasteiger partial charge in [0.15, 0.2) is 0 Å². The van der Waals surface area contributed by atoms with Crippen LogP contribution < -0.4 is 15.4 Å². The zero-order chi connectivity index (χ0) is 19.1. The van der Waals surface area contributed by atoms with Gasteiger partial charge in [-0.15, -0.1) is 0 Å². The summed E-state index contributed by atoms with van der Waals surface area (Å²) in [6.45, 7) is 2.88. The maximum atomic E-state index is 13.0. The summed E-state index contributed by atoms with van der Waals surface area (Å²) in [6.07, 6.45) is 1.57. The molecule has 2 aromatic carbocycles. The molecule has 3 rings (SSSR count). The second-order valence-electron chi connectivity index (χ2n) is 5.79. The fraction of sp³-hybridized carbons (Fsp3) is 0.143. The van der Waals surface area contributed by atoms with E-state index in [-0.39, 0.29) is 11.7 Å². The summed E-state index contributed by atoms with van der Waals surface area (Å²) >= 11 is 0. The number of nitrogens with zero attached hydrogens (tertiary/aromatic N) is 1. The lowest BCUT2D eigenvalue weighted by Crippen LogP contribution is -2.13. The van der Waals surface area contributed by atoms with Gasteiger partial charge < -0.3 is 15.4 Å². The van der Waals surface area contributed by atoms with Crippen molar-refractivity contribution in [2.24, 2.45) is 0 Å². The molecule has 0 aliphatic heterocycles. The molecular weight excluding hydrogens is 345 g/mol. The number of carbonyl (C=O) groups is 1. The number of hydrogen-bond donors (Lipinski definition) is 2. The first-order valence-corrected chi connectivity index (χ1v) is 8.63. The van der Waals surface area contributed by atoms with Crippen LogP contribution in [0, 0.1) is 5.82 Å². The van der Waals surface area contributed by atoms with Gasteiger partial charge >= 0.3 is 0 Å². The standard InChI is InChI=1S/C21H20FN3O2/c1-2-27-19-6-4-3-5-18(19)25-21(26)16-11-12-23-20(13-16)24-14-15-7-9-17(22)10-8-15/h3-13H,2,14H2,1H3,(H,23,24)(H,25,26). The van der Waals surface area contributed by atoms with Crippen LogP contribution in [0.25, 0.3) is 0 Å². The minimum absolute atomic E-state index is 0.255. The highest BCUT2D eigenvalue weighted by molar-refractivity contribution is 6.05. The Bertz CT molecular complexity index is 913. The predicted octanol–water partition coefficient (Wildman–Crippen LogP) is 4.48. The molecule has 0 unspecified atom stereocenters. The summed E-state index contributed by atoms with van der Waals surface area (Å²) in [5.41, 5.74) is 2.00. The molecule has 0 radical (unpaired) electrons. The van der Waals surface area contributed by atoms with Crippen LogP contribution in [0.15, 0.2) is 66.9 Å². The van der Waals surface area contributed by atoms with Gasteiger partial charge in [0, 0.05) is 18.3 Å². The van der Waals surface area contributed by atoms with E-state index < -0.39 is 0 Å². The number of nitrogens with one attached hydrogen (secondary N) is 2. The van der Waals surface area contributed by atoms with Crippen molar-refractivity contribution in [1.29, 1.82) is 0 Å². The van der Waals surface area contributed by atoms with Gasteiger partial charge in [-0.25, -0.2) is 9.37 Å². The molecule has 0 spiro atoms. The van der Waals surface area contributed by atoms with Crippen LogP contribution in [-0.4, -0.2) is 17.5 Å². The maximum absolute atomic E-state index is 13.0. The molecule has 0 atom stereocenters. The summed E-state index contributed by atoms with van der Waals surface area (Å²) in [5, 5.41) is 5.99. The second kappa shape index (κ2) is 8.80. The van der Waals surface area contributed by atoms with Crippen molar-refractivity contribution >= 4 is 17.4 Å². The van der Waals surface area contributed by atoms with Gasteiger partial charge in [-0.05, 0) is 48.9 Å². The number of para-hydroxylation sites is 2. The van der Waals surface area contributed by atoms with Crippen LogP contribution >= 0.6 is 0 Å². The van der Waals surface area contributed by atoms with E-state index in [0.29, 0.717) is 36.0 Å². The van der Waals surface area contributed by atoms with Crippen molar-refractivity contribution in [2.75, 3.05) is 17.2 Å². The number of anilines is 2. The Balaban J connectivity index is 1.67. The zero-order valence-electron chi connectivity index (χ0n) is 14.9. The Morgan fingerprint density at radius 3 is 2.67 bits per heavy atom. The summed E-state index contributed by atoms with van der Waals surface area (Å²) in [6, 6.07) is 16.8. The van der Waals surface area contributed by atoms with E-state index in [0.717, 1.165) is 5.56 Å². The van der Waals surface area contributed by atoms with E-state index in [1.165, 1.54) is 12.1 Å². The van der Waals surface area contributed by atoms with Crippen LogP contribution in [0.5, 0.6) is 5.75 Å². The SMILES string of the molecule is CCOc1ccccc1NC(=O)c1ccnc(NCc2ccc(F)cc2)c1. The van der Waals surface area contributed by atoms with Crippen molar-refractivity contribution in [2.45, 2.75) is 13.5 Å². The molecule has 6 heteroatoms. The van der Waals surface area contributed by atoms with Crippen LogP contribution in [0.3, 0.4) is 0 Å². The van der Waals surface area contributed by atoms with Gasteiger partial charge in [-0.3, -0.25) is 4.79 Å². The van der Waals surface area contributed by atoms with E-state index >= 15 is 0 Å². The predicted molar refractivity (Wildman–Crippen MR) is 104 cm³/mol. The van der Waals surface area contributed by atoms with Crippen molar-refractivity contribution < 1.29 is 13.9 Å². The van der Waals surface area contributed by atoms with Crippen LogP contribution in [0.2, 0.25) is 0 Å². The third-order valence-electron chi connectivity index (χ3n) is 3.84. The molecule has 1 aromatic heterocycles. The first-order chi connectivity index (χ1) is 13.2. The van der Waals surface area contributed by atoms with Gasteiger partial charge in [0.05, 0.1) is 12.3 Å². The average Bonchev–Trinajstić information content (AvgIpc) is 2.69. The number of pyridine rings is 1. The largest absolute Gasteiger partial charge is 0.492 e. The van der Waals surface area contributed by atoms with Crippen LogP contribution in [-0.2, 0) is 6.54 Å². The number of carbonyl (C=O) groups excluding carboxylic acids is 1. The lowest BCUT2D eigenvalue weighted by atomic mass is 10.2. The van der Waals surface area contributed by atoms with Gasteiger partial charge in [-0.1, -0.05) is 24.3 Å². The number of rotatable bonds is 7. The summed E-state index contributed by atoms with van der Waals surface area (Å²) < 4.78 is 18.5. The normalized spacial score (nSPS) is 10.3. The van der Waals surface area contributed by atoms with Gasteiger partial charge in [0.25, 0.3) is 5.91 Å². The van der Waals surface area contributed by atoms with Crippen molar-refractivity contribution in [3.05, 3.63) is 83.8 Å². The molecule has 1 amide bonds. The number of benzene rings is 2. The lowest BCUT2D eigenvalue weighted by Gasteiger charge is -2.12. The third-order valence-corrected chi connectivity index (χ3v) is 3.84. The topological polar surface area (TPSA) is 63.2 Å². The Labute approximate surface area is 157 Å². The first kappa shape index (κ1) is 18.4. The maximum Gasteiger partial charge on any atom is 0.255 e. The minimum Gasteiger partial charge on any atom is -0.492 e. The molecule has 0 saturated carbocycles. The Morgan fingerprint density at radius 1 is 1.11 bits per heavy atom. The van der Waals surface area contributed by atoms with Crippen LogP contribution in [0.4, 0.5) is 15.9 Å². The Kier molecular flexibility index (Phi) is 5.99. The zero-order valence-corrected chi connectivity index (χ0v) is 14.9. The molecule has 27 heavy (non-hydrogen) atoms. The molecular formula is C21H20FN3O2. The molecule has 0 fully saturated rings. The van der Waals surface area contributed by atoms with E-state index in [1.54, 1.807) is 42.6 Å². The fourth-order valence-electron chi connectivity index (χ4n) is 2.51. The number of amides is 1. The molecule has 5 nitrogen and oxygen atoms in total. The lowest BCUT2D eigenvalue weighted by molar-refractivity contribution is 0.102. The van der Waals surface area contributed by atoms with E-state index in [1.807, 2.05) is 19.1 Å². The smallest absolute Gasteiger partial charge is 0.255 e. The molecule has 3 aromatic rings. The first-order valence-electron chi connectivity index (χ1n) is 8.63. The highest BCUT2D eigenvalue weighted by atomic mass is 19.1. The van der Waals surface area contributed by atoms with Crippen molar-refractivity contribution in [1.82, 2.24) is 4.98 Å². The molecule has 138 valence electrons. The van der Waals surface area contributed by atoms with Gasteiger partial charge in [0.1, 0.15) is 17.4 Å². The van der Waals surface area contributed by atoms with E-state index in [4.69, 9.17) is 4.74 Å². The number of halogens is 1. The van der Waals surface area contributed by atoms with Crippen molar-refractivity contribution in [3.63, 3.8) is 0 Å². The van der Waals surface area contributed by atoms with Crippen molar-refractivity contribution in [3.8, 4) is 5.75 Å². The summed E-state index contributed by atoms with van der Waals surface area (Å²) in [7, 11) is 0. The average molecular weight is 365 g/mol. The number of ether oxygens (including phenoxy) is 1. The van der Waals surface area contributed by atoms with Crippen LogP contribution in [0.1, 0.15) is 22.8 Å². The quantitative estimate of drug-likeness (QED) is 0.648. The van der Waals surface area contributed by atoms with E-state index in [9.17, 15) is 9.18 Å². The molecule has 0 saturated heterocycles. The molecule has 0 aliphatic rings. The van der Waals surface area contributed by atoms with Gasteiger partial charge in [-0.2, -0.15) is 0 Å². The molecule has 0 bridgehead atoms. The van der Waals surface area contributed by atoms with Gasteiger partial charge in [0.2, 0.25) is 0 Å². The Hall–Kier alpha value is -3.41. The minimum atomic E-state index is -0.275. The molecule has 1 heterocycles. The second-order valence-corrected chi connectivity index (χ2v) is 5.79.